The molecule has 0 spiro atoms. The lowest BCUT2D eigenvalue weighted by molar-refractivity contribution is -0.117. The number of anilines is 3. The normalized spacial score (nSPS) is 14.9. The molecular weight excluding hydrogens is 386 g/mol. The third-order valence-corrected chi connectivity index (χ3v) is 4.62. The molecule has 0 unspecified atom stereocenters. The van der Waals surface area contributed by atoms with Crippen molar-refractivity contribution in [3.8, 4) is 11.4 Å². The number of nitrogens with zero attached hydrogens (tertiary/aromatic N) is 6. The summed E-state index contributed by atoms with van der Waals surface area (Å²) in [5, 5.41) is 19.6. The zero-order valence-electron chi connectivity index (χ0n) is 19.3. The second-order valence-corrected chi connectivity index (χ2v) is 6.91. The van der Waals surface area contributed by atoms with Gasteiger partial charge in [0, 0.05) is 47.4 Å². The first-order valence-electron chi connectivity index (χ1n) is 10.7. The van der Waals surface area contributed by atoms with E-state index < -0.39 is 12.9 Å². The second-order valence-electron chi connectivity index (χ2n) is 6.91. The van der Waals surface area contributed by atoms with E-state index in [2.05, 4.69) is 35.9 Å². The van der Waals surface area contributed by atoms with Gasteiger partial charge in [0.25, 0.3) is 5.91 Å². The predicted octanol–water partition coefficient (Wildman–Crippen LogP) is 1.43. The Kier molecular flexibility index (Phi) is 4.18. The lowest BCUT2D eigenvalue weighted by Crippen LogP contribution is -2.22. The summed E-state index contributed by atoms with van der Waals surface area (Å²) < 4.78 is 23.5. The molecule has 0 saturated heterocycles. The molecule has 30 heavy (non-hydrogen) atoms. The summed E-state index contributed by atoms with van der Waals surface area (Å²) in [5.74, 6) is -0.215. The lowest BCUT2D eigenvalue weighted by Gasteiger charge is -2.14. The van der Waals surface area contributed by atoms with Gasteiger partial charge in [-0.25, -0.2) is 9.97 Å². The van der Waals surface area contributed by atoms with E-state index in [4.69, 9.17) is 4.11 Å². The van der Waals surface area contributed by atoms with Crippen LogP contribution in [-0.4, -0.2) is 48.7 Å². The summed E-state index contributed by atoms with van der Waals surface area (Å²) in [7, 11) is 1.75. The van der Waals surface area contributed by atoms with E-state index in [0.717, 1.165) is 12.8 Å². The van der Waals surface area contributed by atoms with Crippen molar-refractivity contribution < 1.29 is 13.7 Å². The zero-order chi connectivity index (χ0) is 23.8. The van der Waals surface area contributed by atoms with Crippen LogP contribution in [0.5, 0.6) is 0 Å². The first-order valence-corrected chi connectivity index (χ1v) is 9.20. The minimum Gasteiger partial charge on any atom is -0.354 e. The Morgan fingerprint density at radius 1 is 1.27 bits per heavy atom. The standard InChI is InChI=1S/C19H21N9O2/c1-10-12(17-22-9-28(3)27-17)6-7-21-16(10)23-13-8-14(24-18(29)11-4-5-11)25-26-15(13)19(30)20-2/h6-9,11H,4-5H2,1-3H3,(H,20,30)(H2,21,23,24,25,29)/i2D3. The number of aryl methyl sites for hydroxylation is 1. The van der Waals surface area contributed by atoms with Crippen LogP contribution in [0.2, 0.25) is 0 Å². The quantitative estimate of drug-likeness (QED) is 0.554. The molecule has 3 N–H and O–H groups in total. The van der Waals surface area contributed by atoms with E-state index in [1.165, 1.54) is 6.07 Å². The van der Waals surface area contributed by atoms with Crippen molar-refractivity contribution in [3.05, 3.63) is 35.9 Å². The van der Waals surface area contributed by atoms with E-state index in [9.17, 15) is 9.59 Å². The van der Waals surface area contributed by atoms with Gasteiger partial charge in [0.05, 0.1) is 5.69 Å². The molecule has 1 aliphatic rings. The van der Waals surface area contributed by atoms with Crippen molar-refractivity contribution in [2.45, 2.75) is 19.8 Å². The number of nitrogens with one attached hydrogen (secondary N) is 3. The fourth-order valence-corrected chi connectivity index (χ4v) is 2.84. The van der Waals surface area contributed by atoms with E-state index in [1.54, 1.807) is 37.2 Å². The number of carbonyl (C=O) groups excluding carboxylic acids is 2. The van der Waals surface area contributed by atoms with E-state index >= 15 is 0 Å². The molecule has 1 aliphatic carbocycles. The fraction of sp³-hybridized carbons (Fsp3) is 0.316. The predicted molar refractivity (Wildman–Crippen MR) is 109 cm³/mol. The van der Waals surface area contributed by atoms with Gasteiger partial charge < -0.3 is 16.0 Å². The van der Waals surface area contributed by atoms with Crippen molar-refractivity contribution in [1.29, 1.82) is 0 Å². The maximum Gasteiger partial charge on any atom is 0.273 e. The van der Waals surface area contributed by atoms with Gasteiger partial charge in [0.15, 0.2) is 17.3 Å². The van der Waals surface area contributed by atoms with Crippen molar-refractivity contribution in [1.82, 2.24) is 35.3 Å². The Morgan fingerprint density at radius 3 is 2.80 bits per heavy atom. The van der Waals surface area contributed by atoms with Gasteiger partial charge in [-0.1, -0.05) is 0 Å². The first-order chi connectivity index (χ1) is 15.6. The highest BCUT2D eigenvalue weighted by Crippen LogP contribution is 2.31. The molecule has 3 heterocycles. The summed E-state index contributed by atoms with van der Waals surface area (Å²) in [6, 6.07) is 3.17. The summed E-state index contributed by atoms with van der Waals surface area (Å²) >= 11 is 0. The van der Waals surface area contributed by atoms with Crippen LogP contribution in [0.1, 0.15) is 33.0 Å². The topological polar surface area (TPSA) is 140 Å². The molecule has 3 aromatic rings. The van der Waals surface area contributed by atoms with Crippen molar-refractivity contribution >= 4 is 29.1 Å². The van der Waals surface area contributed by atoms with Crippen molar-refractivity contribution in [3.63, 3.8) is 0 Å². The minimum absolute atomic E-state index is 0.0618. The molecule has 154 valence electrons. The smallest absolute Gasteiger partial charge is 0.273 e. The Hall–Kier alpha value is -3.89. The molecule has 11 heteroatoms. The first kappa shape index (κ1) is 16.0. The molecule has 2 amide bonds. The summed E-state index contributed by atoms with van der Waals surface area (Å²) in [6.45, 7) is -0.915. The maximum absolute atomic E-state index is 12.6. The number of aromatic nitrogens is 6. The summed E-state index contributed by atoms with van der Waals surface area (Å²) in [5.41, 5.74) is 1.26. The molecule has 0 radical (unpaired) electrons. The monoisotopic (exact) mass is 410 g/mol. The molecule has 3 aromatic heterocycles. The van der Waals surface area contributed by atoms with Crippen LogP contribution < -0.4 is 16.0 Å². The van der Waals surface area contributed by atoms with E-state index in [-0.39, 0.29) is 29.0 Å². The molecule has 0 bridgehead atoms. The number of amides is 2. The van der Waals surface area contributed by atoms with Crippen LogP contribution in [0.15, 0.2) is 24.7 Å². The third-order valence-electron chi connectivity index (χ3n) is 4.62. The number of hydrogen-bond acceptors (Lipinski definition) is 8. The average molecular weight is 410 g/mol. The molecule has 11 nitrogen and oxygen atoms in total. The van der Waals surface area contributed by atoms with Gasteiger partial charge >= 0.3 is 0 Å². The van der Waals surface area contributed by atoms with Crippen LogP contribution in [0.4, 0.5) is 17.3 Å². The summed E-state index contributed by atoms with van der Waals surface area (Å²) in [6.07, 6.45) is 4.73. The second kappa shape index (κ2) is 7.85. The van der Waals surface area contributed by atoms with E-state index in [1.807, 2.05) is 5.32 Å². The van der Waals surface area contributed by atoms with Crippen molar-refractivity contribution in [2.75, 3.05) is 17.6 Å². The van der Waals surface area contributed by atoms with Crippen LogP contribution in [0, 0.1) is 12.8 Å². The van der Waals surface area contributed by atoms with Gasteiger partial charge in [0.1, 0.15) is 12.1 Å². The summed E-state index contributed by atoms with van der Waals surface area (Å²) in [4.78, 5) is 33.3. The molecule has 4 rings (SSSR count). The fourth-order valence-electron chi connectivity index (χ4n) is 2.84. The molecule has 0 aliphatic heterocycles. The highest BCUT2D eigenvalue weighted by Gasteiger charge is 2.30. The zero-order valence-corrected chi connectivity index (χ0v) is 16.3. The number of hydrogen-bond donors (Lipinski definition) is 3. The Bertz CT molecular complexity index is 1220. The molecular formula is C19H21N9O2. The SMILES string of the molecule is [2H]C([2H])([2H])NC(=O)c1nnc(NC(=O)C2CC2)cc1Nc1nccc(-c2ncn(C)n2)c1C. The van der Waals surface area contributed by atoms with Crippen LogP contribution >= 0.6 is 0 Å². The number of rotatable bonds is 6. The van der Waals surface area contributed by atoms with Gasteiger partial charge in [-0.2, -0.15) is 5.10 Å². The molecule has 0 aromatic carbocycles. The third kappa shape index (κ3) is 3.95. The molecule has 1 fully saturated rings. The highest BCUT2D eigenvalue weighted by molar-refractivity contribution is 5.99. The Morgan fingerprint density at radius 2 is 2.10 bits per heavy atom. The van der Waals surface area contributed by atoms with Gasteiger partial charge in [0.2, 0.25) is 5.91 Å². The maximum atomic E-state index is 12.6. The largest absolute Gasteiger partial charge is 0.354 e. The van der Waals surface area contributed by atoms with E-state index in [0.29, 0.717) is 22.8 Å². The van der Waals surface area contributed by atoms with Gasteiger partial charge in [-0.15, -0.1) is 10.2 Å². The van der Waals surface area contributed by atoms with Gasteiger partial charge in [-0.05, 0) is 25.8 Å². The van der Waals surface area contributed by atoms with Crippen LogP contribution in [0.25, 0.3) is 11.4 Å². The van der Waals surface area contributed by atoms with Crippen LogP contribution in [0.3, 0.4) is 0 Å². The molecule has 0 atom stereocenters. The van der Waals surface area contributed by atoms with Crippen molar-refractivity contribution in [2.24, 2.45) is 13.0 Å². The van der Waals surface area contributed by atoms with Crippen LogP contribution in [-0.2, 0) is 11.8 Å². The number of carbonyl (C=O) groups is 2. The van der Waals surface area contributed by atoms with Gasteiger partial charge in [-0.3, -0.25) is 14.3 Å². The average Bonchev–Trinajstić information content (AvgIpc) is 3.50. The minimum atomic E-state index is -2.71. The highest BCUT2D eigenvalue weighted by atomic mass is 16.2. The Labute approximate surface area is 176 Å². The lowest BCUT2D eigenvalue weighted by atomic mass is 10.1. The molecule has 1 saturated carbocycles. The number of pyridine rings is 1. The Balaban J connectivity index is 1.69.